The zero-order chi connectivity index (χ0) is 15.4. The van der Waals surface area contributed by atoms with Crippen LogP contribution in [0.5, 0.6) is 11.6 Å². The van der Waals surface area contributed by atoms with Crippen LogP contribution in [0.2, 0.25) is 10.0 Å². The summed E-state index contributed by atoms with van der Waals surface area (Å²) in [6.07, 6.45) is 0.938. The first kappa shape index (κ1) is 15.9. The van der Waals surface area contributed by atoms with Gasteiger partial charge in [-0.25, -0.2) is 4.39 Å². The quantitative estimate of drug-likeness (QED) is 0.792. The lowest BCUT2D eigenvalue weighted by Gasteiger charge is -2.11. The number of aromatic nitrogens is 1. The second kappa shape index (κ2) is 6.96. The fourth-order valence-electron chi connectivity index (χ4n) is 1.68. The van der Waals surface area contributed by atoms with E-state index in [1.807, 2.05) is 6.92 Å². The standard InChI is InChI=1S/C15H15Cl2FN2O/c1-3-6-19-14-11(16)8-12(17)15(20-14)21-10-4-5-13(18)9(2)7-10/h4-5,7-8H,3,6H2,1-2H3,(H,19,20). The van der Waals surface area contributed by atoms with E-state index in [2.05, 4.69) is 10.3 Å². The Hall–Kier alpha value is -1.52. The summed E-state index contributed by atoms with van der Waals surface area (Å²) in [4.78, 5) is 4.27. The maximum Gasteiger partial charge on any atom is 0.240 e. The van der Waals surface area contributed by atoms with Gasteiger partial charge in [0.1, 0.15) is 22.4 Å². The van der Waals surface area contributed by atoms with Crippen LogP contribution in [-0.2, 0) is 0 Å². The molecule has 0 spiro atoms. The number of anilines is 1. The van der Waals surface area contributed by atoms with Gasteiger partial charge < -0.3 is 10.1 Å². The van der Waals surface area contributed by atoms with Gasteiger partial charge in [-0.2, -0.15) is 4.98 Å². The van der Waals surface area contributed by atoms with Crippen molar-refractivity contribution in [1.29, 1.82) is 0 Å². The smallest absolute Gasteiger partial charge is 0.240 e. The first-order valence-corrected chi connectivity index (χ1v) is 7.30. The zero-order valence-electron chi connectivity index (χ0n) is 11.7. The minimum atomic E-state index is -0.289. The Morgan fingerprint density at radius 1 is 1.24 bits per heavy atom. The Labute approximate surface area is 133 Å². The number of aryl methyl sites for hydroxylation is 1. The van der Waals surface area contributed by atoms with Crippen molar-refractivity contribution in [3.63, 3.8) is 0 Å². The van der Waals surface area contributed by atoms with Crippen LogP contribution >= 0.6 is 23.2 Å². The topological polar surface area (TPSA) is 34.2 Å². The molecule has 0 unspecified atom stereocenters. The largest absolute Gasteiger partial charge is 0.437 e. The molecule has 0 amide bonds. The van der Waals surface area contributed by atoms with Crippen molar-refractivity contribution in [2.45, 2.75) is 20.3 Å². The van der Waals surface area contributed by atoms with Gasteiger partial charge in [0.05, 0.1) is 5.02 Å². The van der Waals surface area contributed by atoms with Crippen LogP contribution < -0.4 is 10.1 Å². The van der Waals surface area contributed by atoms with E-state index in [9.17, 15) is 4.39 Å². The minimum absolute atomic E-state index is 0.227. The number of hydrogen-bond donors (Lipinski definition) is 1. The van der Waals surface area contributed by atoms with Gasteiger partial charge in [0.25, 0.3) is 0 Å². The van der Waals surface area contributed by atoms with Crippen molar-refractivity contribution in [2.24, 2.45) is 0 Å². The number of hydrogen-bond acceptors (Lipinski definition) is 3. The molecule has 0 saturated heterocycles. The maximum atomic E-state index is 13.2. The average molecular weight is 329 g/mol. The predicted octanol–water partition coefficient (Wildman–Crippen LogP) is 5.45. The summed E-state index contributed by atoms with van der Waals surface area (Å²) < 4.78 is 18.9. The molecule has 2 rings (SSSR count). The van der Waals surface area contributed by atoms with E-state index in [0.717, 1.165) is 13.0 Å². The summed E-state index contributed by atoms with van der Waals surface area (Å²) in [7, 11) is 0. The summed E-state index contributed by atoms with van der Waals surface area (Å²) in [5, 5.41) is 3.82. The van der Waals surface area contributed by atoms with Crippen molar-refractivity contribution in [3.8, 4) is 11.6 Å². The molecule has 0 fully saturated rings. The van der Waals surface area contributed by atoms with Crippen LogP contribution in [0.3, 0.4) is 0 Å². The van der Waals surface area contributed by atoms with Crippen LogP contribution in [0.1, 0.15) is 18.9 Å². The fourth-order valence-corrected chi connectivity index (χ4v) is 2.14. The minimum Gasteiger partial charge on any atom is -0.437 e. The summed E-state index contributed by atoms with van der Waals surface area (Å²) in [5.74, 6) is 0.914. The van der Waals surface area contributed by atoms with Crippen LogP contribution in [0, 0.1) is 12.7 Å². The molecule has 3 nitrogen and oxygen atoms in total. The van der Waals surface area contributed by atoms with E-state index < -0.39 is 0 Å². The summed E-state index contributed by atoms with van der Waals surface area (Å²) >= 11 is 12.2. The number of rotatable bonds is 5. The van der Waals surface area contributed by atoms with Gasteiger partial charge in [-0.3, -0.25) is 0 Å². The van der Waals surface area contributed by atoms with E-state index >= 15 is 0 Å². The second-order valence-electron chi connectivity index (χ2n) is 4.55. The molecule has 1 aromatic heterocycles. The lowest BCUT2D eigenvalue weighted by atomic mass is 10.2. The highest BCUT2D eigenvalue weighted by Crippen LogP contribution is 2.33. The highest BCUT2D eigenvalue weighted by atomic mass is 35.5. The summed E-state index contributed by atoms with van der Waals surface area (Å²) in [6, 6.07) is 6.01. The Bertz CT molecular complexity index is 650. The molecule has 0 aliphatic heterocycles. The molecular formula is C15H15Cl2FN2O. The van der Waals surface area contributed by atoms with E-state index in [1.54, 1.807) is 19.1 Å². The lowest BCUT2D eigenvalue weighted by molar-refractivity contribution is 0.461. The molecule has 6 heteroatoms. The van der Waals surface area contributed by atoms with Crippen molar-refractivity contribution < 1.29 is 9.13 Å². The number of nitrogens with one attached hydrogen (secondary N) is 1. The number of nitrogens with zero attached hydrogens (tertiary/aromatic N) is 1. The predicted molar refractivity (Wildman–Crippen MR) is 84.2 cm³/mol. The third-order valence-corrected chi connectivity index (χ3v) is 3.34. The molecule has 21 heavy (non-hydrogen) atoms. The van der Waals surface area contributed by atoms with Crippen molar-refractivity contribution in [3.05, 3.63) is 45.7 Å². The molecule has 1 heterocycles. The molecule has 1 N–H and O–H groups in total. The van der Waals surface area contributed by atoms with Crippen molar-refractivity contribution >= 4 is 29.0 Å². The monoisotopic (exact) mass is 328 g/mol. The molecule has 0 atom stereocenters. The molecule has 0 bridgehead atoms. The van der Waals surface area contributed by atoms with Gasteiger partial charge in [-0.05, 0) is 43.2 Å². The number of benzene rings is 1. The molecule has 0 saturated carbocycles. The van der Waals surface area contributed by atoms with Crippen molar-refractivity contribution in [2.75, 3.05) is 11.9 Å². The molecule has 0 aliphatic carbocycles. The van der Waals surface area contributed by atoms with E-state index in [0.29, 0.717) is 27.2 Å². The Kier molecular flexibility index (Phi) is 5.26. The fraction of sp³-hybridized carbons (Fsp3) is 0.267. The van der Waals surface area contributed by atoms with Crippen LogP contribution in [-0.4, -0.2) is 11.5 Å². The van der Waals surface area contributed by atoms with Gasteiger partial charge in [-0.15, -0.1) is 0 Å². The molecule has 112 valence electrons. The molecule has 0 aliphatic rings. The van der Waals surface area contributed by atoms with Gasteiger partial charge in [0.15, 0.2) is 0 Å². The second-order valence-corrected chi connectivity index (χ2v) is 5.36. The number of ether oxygens (including phenoxy) is 1. The van der Waals surface area contributed by atoms with Gasteiger partial charge in [-0.1, -0.05) is 30.1 Å². The van der Waals surface area contributed by atoms with Gasteiger partial charge in [0, 0.05) is 6.54 Å². The highest BCUT2D eigenvalue weighted by molar-refractivity contribution is 6.36. The third-order valence-electron chi connectivity index (χ3n) is 2.78. The highest BCUT2D eigenvalue weighted by Gasteiger charge is 2.12. The van der Waals surface area contributed by atoms with Crippen LogP contribution in [0.25, 0.3) is 0 Å². The molecule has 1 aromatic carbocycles. The Morgan fingerprint density at radius 3 is 2.67 bits per heavy atom. The molecule has 2 aromatic rings. The molecule has 0 radical (unpaired) electrons. The van der Waals surface area contributed by atoms with Gasteiger partial charge in [0.2, 0.25) is 5.88 Å². The SMILES string of the molecule is CCCNc1nc(Oc2ccc(F)c(C)c2)c(Cl)cc1Cl. The van der Waals surface area contributed by atoms with Crippen LogP contribution in [0.4, 0.5) is 10.2 Å². The summed E-state index contributed by atoms with van der Waals surface area (Å²) in [5.41, 5.74) is 0.488. The van der Waals surface area contributed by atoms with E-state index in [-0.39, 0.29) is 11.7 Å². The van der Waals surface area contributed by atoms with Crippen molar-refractivity contribution in [1.82, 2.24) is 4.98 Å². The summed E-state index contributed by atoms with van der Waals surface area (Å²) in [6.45, 7) is 4.44. The normalized spacial score (nSPS) is 10.5. The first-order chi connectivity index (χ1) is 10.0. The lowest BCUT2D eigenvalue weighted by Crippen LogP contribution is -2.03. The third kappa shape index (κ3) is 3.99. The zero-order valence-corrected chi connectivity index (χ0v) is 13.2. The number of halogens is 3. The first-order valence-electron chi connectivity index (χ1n) is 6.55. The van der Waals surface area contributed by atoms with Crippen LogP contribution in [0.15, 0.2) is 24.3 Å². The Balaban J connectivity index is 2.28. The average Bonchev–Trinajstić information content (AvgIpc) is 2.44. The maximum absolute atomic E-state index is 13.2. The Morgan fingerprint density at radius 2 is 2.00 bits per heavy atom. The van der Waals surface area contributed by atoms with E-state index in [4.69, 9.17) is 27.9 Å². The molecular weight excluding hydrogens is 314 g/mol. The van der Waals surface area contributed by atoms with Gasteiger partial charge >= 0.3 is 0 Å². The van der Waals surface area contributed by atoms with E-state index in [1.165, 1.54) is 12.1 Å². The number of pyridine rings is 1.